The molecule has 2 N–H and O–H groups in total. The van der Waals surface area contributed by atoms with E-state index in [1.54, 1.807) is 31.2 Å². The van der Waals surface area contributed by atoms with Crippen LogP contribution in [0.25, 0.3) is 5.69 Å². The van der Waals surface area contributed by atoms with Gasteiger partial charge >= 0.3 is 6.18 Å². The van der Waals surface area contributed by atoms with Crippen molar-refractivity contribution in [1.82, 2.24) is 30.1 Å². The van der Waals surface area contributed by atoms with Gasteiger partial charge in [0, 0.05) is 7.05 Å². The van der Waals surface area contributed by atoms with Gasteiger partial charge in [0.1, 0.15) is 12.2 Å². The van der Waals surface area contributed by atoms with E-state index >= 15 is 0 Å². The molecule has 0 unspecified atom stereocenters. The number of rotatable bonds is 6. The Bertz CT molecular complexity index is 1590. The van der Waals surface area contributed by atoms with Crippen LogP contribution in [0.5, 0.6) is 0 Å². The number of nitrogens with zero attached hydrogens (tertiary/aromatic N) is 6. The number of benzene rings is 2. The topological polar surface area (TPSA) is 131 Å². The van der Waals surface area contributed by atoms with Crippen molar-refractivity contribution in [3.05, 3.63) is 87.5 Å². The Kier molecular flexibility index (Phi) is 7.18. The highest BCUT2D eigenvalue weighted by Crippen LogP contribution is 2.28. The largest absolute Gasteiger partial charge is 0.436 e. The van der Waals surface area contributed by atoms with E-state index in [9.17, 15) is 28.0 Å². The molecule has 2 aromatic heterocycles. The van der Waals surface area contributed by atoms with E-state index in [0.29, 0.717) is 17.4 Å². The van der Waals surface area contributed by atoms with Gasteiger partial charge in [-0.05, 0) is 42.8 Å². The van der Waals surface area contributed by atoms with Crippen LogP contribution in [0.15, 0.2) is 48.7 Å². The van der Waals surface area contributed by atoms with Crippen LogP contribution >= 0.6 is 11.6 Å². The molecule has 0 aliphatic rings. The van der Waals surface area contributed by atoms with Gasteiger partial charge < -0.3 is 10.6 Å². The zero-order valence-electron chi connectivity index (χ0n) is 19.8. The third-order valence-corrected chi connectivity index (χ3v) is 5.70. The number of para-hydroxylation sites is 1. The summed E-state index contributed by atoms with van der Waals surface area (Å²) in [6, 6.07) is 12.7. The maximum atomic E-state index is 13.5. The molecule has 0 atom stereocenters. The molecular weight excluding hydrogens is 525 g/mol. The first-order valence-electron chi connectivity index (χ1n) is 10.9. The smallest absolute Gasteiger partial charge is 0.355 e. The second-order valence-electron chi connectivity index (χ2n) is 8.00. The Labute approximate surface area is 218 Å². The molecule has 0 radical (unpaired) electrons. The van der Waals surface area contributed by atoms with Crippen LogP contribution in [0.1, 0.15) is 43.4 Å². The molecule has 38 heavy (non-hydrogen) atoms. The Balaban J connectivity index is 1.76. The number of carbonyl (C=O) groups excluding carboxylic acids is 2. The highest BCUT2D eigenvalue weighted by molar-refractivity contribution is 6.32. The van der Waals surface area contributed by atoms with E-state index in [2.05, 4.69) is 25.9 Å². The third-order valence-electron chi connectivity index (χ3n) is 5.38. The molecule has 0 aliphatic carbocycles. The first kappa shape index (κ1) is 26.4. The number of amides is 2. The maximum absolute atomic E-state index is 13.5. The highest BCUT2D eigenvalue weighted by Gasteiger charge is 2.34. The fourth-order valence-electron chi connectivity index (χ4n) is 3.63. The predicted molar refractivity (Wildman–Crippen MR) is 130 cm³/mol. The van der Waals surface area contributed by atoms with Gasteiger partial charge in [0.05, 0.1) is 45.5 Å². The minimum Gasteiger partial charge on any atom is -0.355 e. The molecule has 0 spiro atoms. The van der Waals surface area contributed by atoms with E-state index < -0.39 is 23.7 Å². The Morgan fingerprint density at radius 3 is 2.50 bits per heavy atom. The van der Waals surface area contributed by atoms with Crippen molar-refractivity contribution in [3.8, 4) is 11.8 Å². The van der Waals surface area contributed by atoms with Crippen molar-refractivity contribution in [2.75, 3.05) is 12.4 Å². The van der Waals surface area contributed by atoms with Crippen LogP contribution in [0, 0.1) is 18.3 Å². The first-order chi connectivity index (χ1) is 18.0. The molecule has 0 aliphatic heterocycles. The van der Waals surface area contributed by atoms with Crippen LogP contribution in [0.2, 0.25) is 5.02 Å². The number of aryl methyl sites for hydroxylation is 1. The predicted octanol–water partition coefficient (Wildman–Crippen LogP) is 3.98. The molecular formula is C24H18ClF3N8O2. The molecule has 194 valence electrons. The molecule has 14 heteroatoms. The highest BCUT2D eigenvalue weighted by atomic mass is 35.5. The van der Waals surface area contributed by atoms with Gasteiger partial charge in [-0.15, -0.1) is 5.10 Å². The molecule has 4 aromatic rings. The lowest BCUT2D eigenvalue weighted by Gasteiger charge is -2.15. The van der Waals surface area contributed by atoms with Crippen molar-refractivity contribution in [2.45, 2.75) is 19.6 Å². The average molecular weight is 543 g/mol. The van der Waals surface area contributed by atoms with Crippen molar-refractivity contribution in [3.63, 3.8) is 0 Å². The van der Waals surface area contributed by atoms with Gasteiger partial charge in [-0.3, -0.25) is 9.59 Å². The number of halogens is 4. The normalized spacial score (nSPS) is 11.2. The van der Waals surface area contributed by atoms with Crippen molar-refractivity contribution >= 4 is 29.1 Å². The number of aromatic nitrogens is 5. The second-order valence-corrected chi connectivity index (χ2v) is 8.41. The zero-order chi connectivity index (χ0) is 27.6. The van der Waals surface area contributed by atoms with Crippen LogP contribution in [0.4, 0.5) is 18.9 Å². The summed E-state index contributed by atoms with van der Waals surface area (Å²) in [5.74, 6) is -1.21. The first-order valence-corrected chi connectivity index (χ1v) is 11.3. The summed E-state index contributed by atoms with van der Waals surface area (Å²) >= 11 is 6.33. The summed E-state index contributed by atoms with van der Waals surface area (Å²) in [4.78, 5) is 26.8. The Hall–Kier alpha value is -4.70. The maximum Gasteiger partial charge on any atom is 0.436 e. The van der Waals surface area contributed by atoms with E-state index in [0.717, 1.165) is 4.80 Å². The summed E-state index contributed by atoms with van der Waals surface area (Å²) < 4.78 is 40.0. The number of hydrogen-bond acceptors (Lipinski definition) is 6. The van der Waals surface area contributed by atoms with E-state index in [-0.39, 0.29) is 39.8 Å². The summed E-state index contributed by atoms with van der Waals surface area (Å²) in [6.45, 7) is 1.36. The molecule has 4 rings (SSSR count). The number of nitrogens with one attached hydrogen (secondary N) is 2. The van der Waals surface area contributed by atoms with Crippen LogP contribution in [-0.4, -0.2) is 43.6 Å². The lowest BCUT2D eigenvalue weighted by molar-refractivity contribution is -0.141. The number of anilines is 1. The quantitative estimate of drug-likeness (QED) is 0.379. The SMILES string of the molecule is CNC(=O)c1cc(C#N)cc(C)c1NC(=O)c1cc(Cn2ncc(C(F)(F)F)n2)nn1-c1ccccc1Cl. The summed E-state index contributed by atoms with van der Waals surface area (Å²) in [5.41, 5.74) is 0.238. The lowest BCUT2D eigenvalue weighted by atomic mass is 10.0. The molecule has 0 bridgehead atoms. The van der Waals surface area contributed by atoms with Gasteiger partial charge in [-0.2, -0.15) is 33.4 Å². The molecule has 2 amide bonds. The number of hydrogen-bond donors (Lipinski definition) is 2. The van der Waals surface area contributed by atoms with E-state index in [1.165, 1.54) is 29.9 Å². The molecule has 2 heterocycles. The second kappa shape index (κ2) is 10.3. The Morgan fingerprint density at radius 2 is 1.87 bits per heavy atom. The molecule has 0 saturated heterocycles. The minimum absolute atomic E-state index is 0.0251. The van der Waals surface area contributed by atoms with Crippen molar-refractivity contribution in [2.24, 2.45) is 0 Å². The number of alkyl halides is 3. The molecule has 2 aromatic carbocycles. The van der Waals surface area contributed by atoms with Crippen LogP contribution in [0.3, 0.4) is 0 Å². The van der Waals surface area contributed by atoms with Gasteiger partial charge in [-0.25, -0.2) is 4.68 Å². The van der Waals surface area contributed by atoms with Crippen LogP contribution < -0.4 is 10.6 Å². The van der Waals surface area contributed by atoms with Crippen molar-refractivity contribution in [1.29, 1.82) is 5.26 Å². The number of carbonyl (C=O) groups is 2. The minimum atomic E-state index is -4.67. The summed E-state index contributed by atoms with van der Waals surface area (Å²) in [6.07, 6.45) is -4.08. The lowest BCUT2D eigenvalue weighted by Crippen LogP contribution is -2.23. The van der Waals surface area contributed by atoms with Crippen LogP contribution in [-0.2, 0) is 12.7 Å². The molecule has 0 fully saturated rings. The summed E-state index contributed by atoms with van der Waals surface area (Å²) in [7, 11) is 1.41. The fourth-order valence-corrected chi connectivity index (χ4v) is 3.85. The fraction of sp³-hybridized carbons (Fsp3) is 0.167. The Morgan fingerprint density at radius 1 is 1.13 bits per heavy atom. The number of nitriles is 1. The third kappa shape index (κ3) is 5.35. The van der Waals surface area contributed by atoms with Gasteiger partial charge in [0.15, 0.2) is 5.69 Å². The van der Waals surface area contributed by atoms with Crippen molar-refractivity contribution < 1.29 is 22.8 Å². The summed E-state index contributed by atoms with van der Waals surface area (Å²) in [5, 5.41) is 26.1. The van der Waals surface area contributed by atoms with E-state index in [1.807, 2.05) is 6.07 Å². The average Bonchev–Trinajstić information content (AvgIpc) is 3.52. The monoisotopic (exact) mass is 542 g/mol. The van der Waals surface area contributed by atoms with Gasteiger partial charge in [0.2, 0.25) is 0 Å². The van der Waals surface area contributed by atoms with Gasteiger partial charge in [-0.1, -0.05) is 23.7 Å². The standard InChI is InChI=1S/C24H18ClF3N8O2/c1-13-7-14(10-29)8-16(22(37)30-2)21(13)32-23(38)19-9-15(12-35-31-11-20(34-35)24(26,27)28)33-36(19)18-6-4-3-5-17(18)25/h3-9,11H,12H2,1-2H3,(H,30,37)(H,32,38). The molecule has 0 saturated carbocycles. The van der Waals surface area contributed by atoms with E-state index in [4.69, 9.17) is 11.6 Å². The molecule has 10 nitrogen and oxygen atoms in total. The van der Waals surface area contributed by atoms with Gasteiger partial charge in [0.25, 0.3) is 11.8 Å². The zero-order valence-corrected chi connectivity index (χ0v) is 20.6.